The second kappa shape index (κ2) is 5.83. The van der Waals surface area contributed by atoms with Crippen LogP contribution in [0.4, 0.5) is 4.39 Å². The SMILES string of the molecule is O=C(Br)c1cccc(CF)c1COc1ccn(O)n1. The average molecular weight is 329 g/mol. The van der Waals surface area contributed by atoms with Crippen LogP contribution in [0.5, 0.6) is 5.88 Å². The second-order valence-corrected chi connectivity index (χ2v) is 4.43. The molecule has 0 aliphatic heterocycles. The van der Waals surface area contributed by atoms with E-state index in [1.165, 1.54) is 12.3 Å². The van der Waals surface area contributed by atoms with Crippen LogP contribution in [-0.2, 0) is 13.3 Å². The van der Waals surface area contributed by atoms with Gasteiger partial charge in [-0.15, -0.1) is 4.85 Å². The van der Waals surface area contributed by atoms with E-state index in [0.29, 0.717) is 21.5 Å². The van der Waals surface area contributed by atoms with E-state index < -0.39 is 6.67 Å². The highest BCUT2D eigenvalue weighted by Crippen LogP contribution is 2.20. The molecule has 2 aromatic rings. The van der Waals surface area contributed by atoms with Crippen LogP contribution in [0.2, 0.25) is 0 Å². The number of rotatable bonds is 5. The van der Waals surface area contributed by atoms with Crippen molar-refractivity contribution in [3.63, 3.8) is 0 Å². The van der Waals surface area contributed by atoms with Gasteiger partial charge in [0.05, 0.1) is 6.20 Å². The fourth-order valence-corrected chi connectivity index (χ4v) is 2.01. The number of halogens is 2. The number of benzene rings is 1. The molecule has 0 saturated carbocycles. The lowest BCUT2D eigenvalue weighted by Crippen LogP contribution is -2.06. The normalized spacial score (nSPS) is 10.4. The zero-order valence-electron chi connectivity index (χ0n) is 9.72. The molecular weight excluding hydrogens is 319 g/mol. The highest BCUT2D eigenvalue weighted by Gasteiger charge is 2.14. The zero-order valence-corrected chi connectivity index (χ0v) is 11.3. The molecule has 1 N–H and O–H groups in total. The van der Waals surface area contributed by atoms with Crippen LogP contribution in [0.15, 0.2) is 30.5 Å². The van der Waals surface area contributed by atoms with Gasteiger partial charge in [0.2, 0.25) is 10.6 Å². The number of nitrogens with zero attached hydrogens (tertiary/aromatic N) is 2. The standard InChI is InChI=1S/C12H10BrFN2O3/c13-12(17)9-3-1-2-8(6-14)10(9)7-19-11-4-5-16(18)15-11/h1-5,18H,6-7H2. The number of aromatic nitrogens is 2. The monoisotopic (exact) mass is 328 g/mol. The van der Waals surface area contributed by atoms with Crippen molar-refractivity contribution in [3.05, 3.63) is 47.2 Å². The summed E-state index contributed by atoms with van der Waals surface area (Å²) in [6.45, 7) is -0.703. The van der Waals surface area contributed by atoms with E-state index in [2.05, 4.69) is 21.0 Å². The molecule has 0 amide bonds. The first kappa shape index (κ1) is 13.5. The maximum atomic E-state index is 12.9. The van der Waals surface area contributed by atoms with Gasteiger partial charge in [-0.05, 0) is 21.5 Å². The van der Waals surface area contributed by atoms with Gasteiger partial charge in [-0.1, -0.05) is 23.3 Å². The number of carbonyl (C=O) groups is 1. The Morgan fingerprint density at radius 3 is 2.84 bits per heavy atom. The summed E-state index contributed by atoms with van der Waals surface area (Å²) in [5, 5.41) is 12.6. The lowest BCUT2D eigenvalue weighted by Gasteiger charge is -2.10. The van der Waals surface area contributed by atoms with E-state index in [9.17, 15) is 9.18 Å². The van der Waals surface area contributed by atoms with E-state index in [-0.39, 0.29) is 17.2 Å². The van der Waals surface area contributed by atoms with Crippen LogP contribution in [-0.4, -0.2) is 19.8 Å². The van der Waals surface area contributed by atoms with E-state index in [1.54, 1.807) is 18.2 Å². The van der Waals surface area contributed by atoms with E-state index in [4.69, 9.17) is 9.94 Å². The van der Waals surface area contributed by atoms with E-state index in [1.807, 2.05) is 0 Å². The smallest absolute Gasteiger partial charge is 0.236 e. The molecule has 0 bridgehead atoms. The largest absolute Gasteiger partial charge is 0.472 e. The number of alkyl halides is 1. The second-order valence-electron chi connectivity index (χ2n) is 3.71. The summed E-state index contributed by atoms with van der Waals surface area (Å²) >= 11 is 2.85. The van der Waals surface area contributed by atoms with Crippen LogP contribution >= 0.6 is 15.9 Å². The molecule has 0 atom stereocenters. The number of carbonyl (C=O) groups excluding carboxylic acids is 1. The van der Waals surface area contributed by atoms with Crippen molar-refractivity contribution in [1.82, 2.24) is 9.94 Å². The minimum Gasteiger partial charge on any atom is -0.472 e. The molecule has 100 valence electrons. The van der Waals surface area contributed by atoms with Gasteiger partial charge in [0, 0.05) is 17.2 Å². The Hall–Kier alpha value is -1.89. The van der Waals surface area contributed by atoms with Gasteiger partial charge in [0.1, 0.15) is 13.3 Å². The molecule has 5 nitrogen and oxygen atoms in total. The zero-order chi connectivity index (χ0) is 13.8. The summed E-state index contributed by atoms with van der Waals surface area (Å²) in [7, 11) is 0. The Kier molecular flexibility index (Phi) is 4.16. The fourth-order valence-electron chi connectivity index (χ4n) is 1.64. The maximum Gasteiger partial charge on any atom is 0.236 e. The molecule has 1 heterocycles. The Morgan fingerprint density at radius 2 is 2.26 bits per heavy atom. The van der Waals surface area contributed by atoms with Gasteiger partial charge >= 0.3 is 0 Å². The molecule has 0 fully saturated rings. The Morgan fingerprint density at radius 1 is 1.47 bits per heavy atom. The van der Waals surface area contributed by atoms with Crippen LogP contribution in [0.25, 0.3) is 0 Å². The van der Waals surface area contributed by atoms with Gasteiger partial charge < -0.3 is 9.94 Å². The third-order valence-electron chi connectivity index (χ3n) is 2.54. The van der Waals surface area contributed by atoms with Crippen LogP contribution in [0.1, 0.15) is 21.5 Å². The van der Waals surface area contributed by atoms with Crippen LogP contribution < -0.4 is 4.74 Å². The first-order valence-corrected chi connectivity index (χ1v) is 6.15. The van der Waals surface area contributed by atoms with Crippen LogP contribution in [0.3, 0.4) is 0 Å². The molecule has 7 heteroatoms. The minimum absolute atomic E-state index is 0.0101. The summed E-state index contributed by atoms with van der Waals surface area (Å²) in [4.78, 5) is 12.0. The van der Waals surface area contributed by atoms with Gasteiger partial charge in [-0.2, -0.15) is 0 Å². The minimum atomic E-state index is -0.693. The van der Waals surface area contributed by atoms with Gasteiger partial charge in [-0.3, -0.25) is 4.79 Å². The highest BCUT2D eigenvalue weighted by molar-refractivity contribution is 9.18. The number of hydrogen-bond acceptors (Lipinski definition) is 4. The quantitative estimate of drug-likeness (QED) is 0.677. The first-order chi connectivity index (χ1) is 9.11. The summed E-state index contributed by atoms with van der Waals surface area (Å²) < 4.78 is 17.9. The van der Waals surface area contributed by atoms with E-state index in [0.717, 1.165) is 0 Å². The molecule has 0 spiro atoms. The summed E-state index contributed by atoms with van der Waals surface area (Å²) in [5.41, 5.74) is 1.19. The summed E-state index contributed by atoms with van der Waals surface area (Å²) in [5.74, 6) is 0.184. The molecule has 0 unspecified atom stereocenters. The molecular formula is C12H10BrFN2O3. The molecule has 0 aliphatic carbocycles. The maximum absolute atomic E-state index is 12.9. The molecule has 1 aromatic heterocycles. The van der Waals surface area contributed by atoms with Crippen molar-refractivity contribution >= 4 is 20.6 Å². The number of ether oxygens (including phenoxy) is 1. The highest BCUT2D eigenvalue weighted by atomic mass is 79.9. The Balaban J connectivity index is 2.25. The fraction of sp³-hybridized carbons (Fsp3) is 0.167. The molecule has 0 radical (unpaired) electrons. The van der Waals surface area contributed by atoms with Gasteiger partial charge in [0.25, 0.3) is 0 Å². The average Bonchev–Trinajstić information content (AvgIpc) is 2.81. The molecule has 0 aliphatic rings. The van der Waals surface area contributed by atoms with Crippen molar-refractivity contribution in [2.45, 2.75) is 13.3 Å². The topological polar surface area (TPSA) is 64.3 Å². The summed E-state index contributed by atoms with van der Waals surface area (Å²) in [6, 6.07) is 6.23. The van der Waals surface area contributed by atoms with Crippen molar-refractivity contribution < 1.29 is 19.1 Å². The molecule has 0 saturated heterocycles. The third-order valence-corrected chi connectivity index (χ3v) is 2.97. The lowest BCUT2D eigenvalue weighted by molar-refractivity contribution is 0.109. The third kappa shape index (κ3) is 3.11. The van der Waals surface area contributed by atoms with Gasteiger partial charge in [-0.25, -0.2) is 4.39 Å². The van der Waals surface area contributed by atoms with Gasteiger partial charge in [0.15, 0.2) is 0 Å². The van der Waals surface area contributed by atoms with Crippen molar-refractivity contribution in [1.29, 1.82) is 0 Å². The van der Waals surface area contributed by atoms with Crippen molar-refractivity contribution in [2.75, 3.05) is 0 Å². The lowest BCUT2D eigenvalue weighted by atomic mass is 10.0. The number of hydrogen-bond donors (Lipinski definition) is 1. The predicted octanol–water partition coefficient (Wildman–Crippen LogP) is 2.70. The van der Waals surface area contributed by atoms with E-state index >= 15 is 0 Å². The molecule has 2 rings (SSSR count). The Labute approximate surface area is 116 Å². The Bertz CT molecular complexity index is 600. The van der Waals surface area contributed by atoms with Crippen LogP contribution in [0, 0.1) is 0 Å². The molecule has 19 heavy (non-hydrogen) atoms. The first-order valence-electron chi connectivity index (χ1n) is 5.36. The summed E-state index contributed by atoms with van der Waals surface area (Å²) in [6.07, 6.45) is 1.30. The molecule has 1 aromatic carbocycles. The van der Waals surface area contributed by atoms with Crippen molar-refractivity contribution in [3.8, 4) is 5.88 Å². The predicted molar refractivity (Wildman–Crippen MR) is 68.3 cm³/mol. The van der Waals surface area contributed by atoms with Crippen molar-refractivity contribution in [2.24, 2.45) is 0 Å².